The lowest BCUT2D eigenvalue weighted by Gasteiger charge is -2.29. The van der Waals surface area contributed by atoms with Crippen LogP contribution in [0.25, 0.3) is 0 Å². The van der Waals surface area contributed by atoms with Crippen molar-refractivity contribution >= 4 is 13.7 Å². The molecular formula is C74H121N2O6P. The molecule has 0 fully saturated rings. The molecule has 0 rings (SSSR count). The van der Waals surface area contributed by atoms with E-state index < -0.39 is 26.6 Å². The van der Waals surface area contributed by atoms with Crippen molar-refractivity contribution in [3.63, 3.8) is 0 Å². The standard InChI is InChI=1S/C74H121N2O6P/c1-6-8-10-12-14-16-18-20-22-24-26-28-30-31-32-33-34-35-36-37-38-39-40-41-42-43-44-45-46-48-50-52-54-56-58-60-62-64-66-68-74(78)75-72(71-82-83(79,80)81-70-69-76(3,4)5)73(77)67-65-63-61-59-57-55-53-51-49-47-29-27-25-23-21-19-17-15-13-11-9-7-2/h8,10,14,16,20,22,26,28,31-32,34-35,37-38,40-41,43-44,46,48-49,51-52,54,57-60,65,67,72-73,77H,6-7,9,11-13,15,17-19,21,23-25,27,29-30,33,36,39,42,45,47,50,53,55-56,61-64,66,68-71H2,1-5H3,(H-,75,78,79,80)/b10-8-,16-14-,22-20-,28-26-,32-31-,35-34-,38-37-,41-40-,44-43-,48-46-,51-49+,54-52-,59-57+,60-58-,67-65+. The average Bonchev–Trinajstić information content (AvgIpc) is 3.50. The second-order valence-electron chi connectivity index (χ2n) is 22.4. The third-order valence-corrected chi connectivity index (χ3v) is 14.3. The van der Waals surface area contributed by atoms with Crippen LogP contribution in [0.2, 0.25) is 0 Å². The van der Waals surface area contributed by atoms with E-state index in [4.69, 9.17) is 9.05 Å². The van der Waals surface area contributed by atoms with Crippen LogP contribution < -0.4 is 10.2 Å². The van der Waals surface area contributed by atoms with Crippen molar-refractivity contribution in [3.8, 4) is 0 Å². The van der Waals surface area contributed by atoms with Crippen molar-refractivity contribution in [1.82, 2.24) is 5.32 Å². The first-order valence-corrected chi connectivity index (χ1v) is 34.1. The first kappa shape index (κ1) is 78.6. The van der Waals surface area contributed by atoms with E-state index in [1.54, 1.807) is 6.08 Å². The molecule has 1 amide bonds. The van der Waals surface area contributed by atoms with E-state index in [0.29, 0.717) is 23.9 Å². The van der Waals surface area contributed by atoms with Gasteiger partial charge in [0.2, 0.25) is 5.91 Å². The highest BCUT2D eigenvalue weighted by molar-refractivity contribution is 7.45. The Morgan fingerprint density at radius 1 is 0.434 bits per heavy atom. The number of hydrogen-bond donors (Lipinski definition) is 2. The van der Waals surface area contributed by atoms with Gasteiger partial charge in [-0.15, -0.1) is 0 Å². The number of likely N-dealkylation sites (N-methyl/N-ethyl adjacent to an activating group) is 1. The highest BCUT2D eigenvalue weighted by Crippen LogP contribution is 2.38. The van der Waals surface area contributed by atoms with Crippen LogP contribution in [0.15, 0.2) is 182 Å². The molecule has 0 radical (unpaired) electrons. The molecule has 0 spiro atoms. The molecule has 0 saturated carbocycles. The second-order valence-corrected chi connectivity index (χ2v) is 23.8. The summed E-state index contributed by atoms with van der Waals surface area (Å²) >= 11 is 0. The Kier molecular flexibility index (Phi) is 58.8. The highest BCUT2D eigenvalue weighted by atomic mass is 31.2. The Hall–Kier alpha value is -4.40. The Balaban J connectivity index is 4.34. The molecule has 468 valence electrons. The number of phosphoric ester groups is 1. The van der Waals surface area contributed by atoms with Gasteiger partial charge in [-0.2, -0.15) is 0 Å². The van der Waals surface area contributed by atoms with Gasteiger partial charge in [-0.1, -0.05) is 267 Å². The summed E-state index contributed by atoms with van der Waals surface area (Å²) in [6.07, 6.45) is 100.0. The fourth-order valence-corrected chi connectivity index (χ4v) is 9.01. The number of amides is 1. The van der Waals surface area contributed by atoms with E-state index in [0.717, 1.165) is 109 Å². The van der Waals surface area contributed by atoms with Crippen molar-refractivity contribution in [1.29, 1.82) is 0 Å². The number of rotatable bonds is 57. The number of nitrogens with zero attached hydrogens (tertiary/aromatic N) is 1. The number of hydrogen-bond acceptors (Lipinski definition) is 6. The third kappa shape index (κ3) is 65.0. The molecular weight excluding hydrogens is 1040 g/mol. The molecule has 0 aromatic carbocycles. The molecule has 2 N–H and O–H groups in total. The SMILES string of the molecule is CC/C=C\C/C=C\C/C=C\C/C=C\C/C=C\C/C=C\C/C=C\C/C=C\C/C=C\C/C=C\C/C=C\C/C=C\CCCCC(=O)NC(COP(=O)([O-])OCC[N+](C)(C)C)C(O)/C=C/CC/C=C/CC/C=C/CCCCCCCCCCCCCC. The molecule has 8 nitrogen and oxygen atoms in total. The van der Waals surface area contributed by atoms with Gasteiger partial charge in [-0.25, -0.2) is 0 Å². The maximum absolute atomic E-state index is 13.0. The number of carbonyl (C=O) groups excluding carboxylic acids is 1. The monoisotopic (exact) mass is 1160 g/mol. The minimum absolute atomic E-state index is 0.0279. The smallest absolute Gasteiger partial charge is 0.268 e. The summed E-state index contributed by atoms with van der Waals surface area (Å²) in [5.41, 5.74) is 0. The van der Waals surface area contributed by atoms with E-state index >= 15 is 0 Å². The van der Waals surface area contributed by atoms with Crippen LogP contribution in [0.5, 0.6) is 0 Å². The summed E-state index contributed by atoms with van der Waals surface area (Å²) in [5, 5.41) is 13.9. The molecule has 0 aromatic heterocycles. The van der Waals surface area contributed by atoms with Gasteiger partial charge in [0.25, 0.3) is 7.82 Å². The lowest BCUT2D eigenvalue weighted by molar-refractivity contribution is -0.870. The first-order chi connectivity index (χ1) is 40.5. The van der Waals surface area contributed by atoms with E-state index in [1.807, 2.05) is 27.2 Å². The lowest BCUT2D eigenvalue weighted by Crippen LogP contribution is -2.45. The molecule has 0 aromatic rings. The normalized spacial score (nSPS) is 14.9. The molecule has 0 heterocycles. The minimum Gasteiger partial charge on any atom is -0.756 e. The van der Waals surface area contributed by atoms with Gasteiger partial charge in [0.05, 0.1) is 39.9 Å². The minimum atomic E-state index is -4.64. The molecule has 3 atom stereocenters. The van der Waals surface area contributed by atoms with Crippen LogP contribution in [-0.2, 0) is 18.4 Å². The number of quaternary nitrogens is 1. The molecule has 3 unspecified atom stereocenters. The number of carbonyl (C=O) groups is 1. The molecule has 0 saturated heterocycles. The second kappa shape index (κ2) is 62.1. The molecule has 9 heteroatoms. The summed E-state index contributed by atoms with van der Waals surface area (Å²) in [6.45, 7) is 4.46. The van der Waals surface area contributed by atoms with E-state index in [1.165, 1.54) is 83.5 Å². The largest absolute Gasteiger partial charge is 0.756 e. The van der Waals surface area contributed by atoms with Crippen LogP contribution in [0.4, 0.5) is 0 Å². The Bertz CT molecular complexity index is 2000. The quantitative estimate of drug-likeness (QED) is 0.0272. The predicted molar refractivity (Wildman–Crippen MR) is 361 cm³/mol. The van der Waals surface area contributed by atoms with Gasteiger partial charge in [0.1, 0.15) is 13.2 Å². The first-order valence-electron chi connectivity index (χ1n) is 32.6. The topological polar surface area (TPSA) is 108 Å². The molecule has 83 heavy (non-hydrogen) atoms. The average molecular weight is 1170 g/mol. The summed E-state index contributed by atoms with van der Waals surface area (Å²) in [6, 6.07) is -0.949. The number of unbranched alkanes of at least 4 members (excludes halogenated alkanes) is 16. The van der Waals surface area contributed by atoms with Crippen molar-refractivity contribution in [2.75, 3.05) is 40.9 Å². The Morgan fingerprint density at radius 3 is 1.12 bits per heavy atom. The summed E-state index contributed by atoms with van der Waals surface area (Å²) in [5.74, 6) is -0.261. The zero-order valence-corrected chi connectivity index (χ0v) is 54.2. The van der Waals surface area contributed by atoms with Crippen molar-refractivity contribution in [2.45, 2.75) is 238 Å². The van der Waals surface area contributed by atoms with Gasteiger partial charge in [0, 0.05) is 6.42 Å². The number of allylic oxidation sites excluding steroid dienone is 29. The van der Waals surface area contributed by atoms with Gasteiger partial charge in [-0.3, -0.25) is 9.36 Å². The maximum atomic E-state index is 13.0. The Morgan fingerprint density at radius 2 is 0.747 bits per heavy atom. The van der Waals surface area contributed by atoms with Gasteiger partial charge in [0.15, 0.2) is 0 Å². The van der Waals surface area contributed by atoms with Crippen LogP contribution in [-0.4, -0.2) is 68.5 Å². The van der Waals surface area contributed by atoms with Crippen molar-refractivity contribution in [3.05, 3.63) is 182 Å². The third-order valence-electron chi connectivity index (χ3n) is 13.3. The summed E-state index contributed by atoms with van der Waals surface area (Å²) < 4.78 is 23.3. The maximum Gasteiger partial charge on any atom is 0.268 e. The molecule has 0 aliphatic carbocycles. The highest BCUT2D eigenvalue weighted by Gasteiger charge is 2.23. The van der Waals surface area contributed by atoms with E-state index in [9.17, 15) is 19.4 Å². The van der Waals surface area contributed by atoms with E-state index in [-0.39, 0.29) is 18.9 Å². The molecule has 0 aliphatic heterocycles. The van der Waals surface area contributed by atoms with Crippen LogP contribution in [0.1, 0.15) is 226 Å². The van der Waals surface area contributed by atoms with Gasteiger partial charge in [-0.05, 0) is 135 Å². The number of nitrogens with one attached hydrogen (secondary N) is 1. The lowest BCUT2D eigenvalue weighted by atomic mass is 10.0. The number of aliphatic hydroxyl groups is 1. The molecule has 0 aliphatic rings. The molecule has 0 bridgehead atoms. The summed E-state index contributed by atoms with van der Waals surface area (Å²) in [4.78, 5) is 25.5. The van der Waals surface area contributed by atoms with Gasteiger partial charge < -0.3 is 28.8 Å². The summed E-state index contributed by atoms with van der Waals surface area (Å²) in [7, 11) is 1.18. The van der Waals surface area contributed by atoms with Crippen LogP contribution >= 0.6 is 7.82 Å². The zero-order chi connectivity index (χ0) is 60.5. The number of phosphoric acid groups is 1. The van der Waals surface area contributed by atoms with E-state index in [2.05, 4.69) is 189 Å². The van der Waals surface area contributed by atoms with Crippen LogP contribution in [0.3, 0.4) is 0 Å². The van der Waals surface area contributed by atoms with Crippen LogP contribution in [0, 0.1) is 0 Å². The fraction of sp³-hybridized carbons (Fsp3) is 0.581. The zero-order valence-electron chi connectivity index (χ0n) is 53.3. The Labute approximate surface area is 510 Å². The van der Waals surface area contributed by atoms with Crippen molar-refractivity contribution < 1.29 is 32.9 Å². The predicted octanol–water partition coefficient (Wildman–Crippen LogP) is 20.3. The van der Waals surface area contributed by atoms with Gasteiger partial charge >= 0.3 is 0 Å². The fourth-order valence-electron chi connectivity index (χ4n) is 8.28. The van der Waals surface area contributed by atoms with Crippen molar-refractivity contribution in [2.24, 2.45) is 0 Å². The number of aliphatic hydroxyl groups excluding tert-OH is 1.